The molecule has 4 rings (SSSR count). The van der Waals surface area contributed by atoms with Crippen LogP contribution >= 0.6 is 11.3 Å². The van der Waals surface area contributed by atoms with Crippen molar-refractivity contribution in [2.24, 2.45) is 0 Å². The summed E-state index contributed by atoms with van der Waals surface area (Å²) in [5.74, 6) is 0. The van der Waals surface area contributed by atoms with Crippen LogP contribution in [0.4, 0.5) is 9.80 Å². The molecule has 1 amide bonds. The molecule has 0 saturated heterocycles. The molecular formula is C21H21N5O2S. The van der Waals surface area contributed by atoms with E-state index in [1.807, 2.05) is 50.5 Å². The smallest absolute Gasteiger partial charge is 0.412 e. The molecule has 4 aromatic rings. The number of benzene rings is 1. The topological polar surface area (TPSA) is 81.9 Å². The fourth-order valence-electron chi connectivity index (χ4n) is 3.05. The van der Waals surface area contributed by atoms with E-state index in [1.165, 1.54) is 11.3 Å². The van der Waals surface area contributed by atoms with Gasteiger partial charge in [-0.15, -0.1) is 0 Å². The Labute approximate surface area is 172 Å². The molecule has 0 spiro atoms. The minimum absolute atomic E-state index is 0.171. The molecule has 7 nitrogen and oxygen atoms in total. The Morgan fingerprint density at radius 3 is 2.90 bits per heavy atom. The van der Waals surface area contributed by atoms with Gasteiger partial charge in [0.05, 0.1) is 23.1 Å². The Hall–Kier alpha value is -3.26. The van der Waals surface area contributed by atoms with Crippen LogP contribution in [-0.4, -0.2) is 25.6 Å². The maximum absolute atomic E-state index is 12.3. The van der Waals surface area contributed by atoms with Crippen LogP contribution in [-0.2, 0) is 17.9 Å². The van der Waals surface area contributed by atoms with Gasteiger partial charge in [0.25, 0.3) is 0 Å². The van der Waals surface area contributed by atoms with E-state index in [-0.39, 0.29) is 6.61 Å². The molecule has 148 valence electrons. The minimum atomic E-state index is -0.514. The van der Waals surface area contributed by atoms with E-state index in [2.05, 4.69) is 31.8 Å². The van der Waals surface area contributed by atoms with Gasteiger partial charge < -0.3 is 9.30 Å². The summed E-state index contributed by atoms with van der Waals surface area (Å²) in [6.45, 7) is 6.95. The largest absolute Gasteiger partial charge is 0.444 e. The second-order valence-corrected chi connectivity index (χ2v) is 7.66. The summed E-state index contributed by atoms with van der Waals surface area (Å²) < 4.78 is 7.46. The number of anilines is 1. The van der Waals surface area contributed by atoms with Gasteiger partial charge in [0.2, 0.25) is 0 Å². The lowest BCUT2D eigenvalue weighted by molar-refractivity contribution is 0.155. The number of aryl methyl sites for hydroxylation is 3. The first-order valence-corrected chi connectivity index (χ1v) is 10.1. The zero-order valence-electron chi connectivity index (χ0n) is 16.5. The van der Waals surface area contributed by atoms with Gasteiger partial charge in [0, 0.05) is 12.7 Å². The minimum Gasteiger partial charge on any atom is -0.444 e. The fraction of sp³-hybridized carbons (Fsp3) is 0.238. The molecule has 1 N–H and O–H groups in total. The number of ether oxygens (including phenoxy) is 1. The number of rotatable bonds is 5. The van der Waals surface area contributed by atoms with Crippen LogP contribution < -0.4 is 5.32 Å². The van der Waals surface area contributed by atoms with E-state index in [1.54, 1.807) is 6.20 Å². The number of nitrogens with one attached hydrogen (secondary N) is 1. The Bertz CT molecular complexity index is 1180. The average molecular weight is 407 g/mol. The van der Waals surface area contributed by atoms with Crippen LogP contribution in [0.1, 0.15) is 23.7 Å². The molecule has 0 bridgehead atoms. The normalized spacial score (nSPS) is 11.0. The first-order chi connectivity index (χ1) is 14.0. The lowest BCUT2D eigenvalue weighted by atomic mass is 10.2. The quantitative estimate of drug-likeness (QED) is 0.507. The maximum atomic E-state index is 12.3. The van der Waals surface area contributed by atoms with Gasteiger partial charge in [-0.3, -0.25) is 10.3 Å². The third-order valence-electron chi connectivity index (χ3n) is 4.62. The van der Waals surface area contributed by atoms with Crippen LogP contribution in [0, 0.1) is 13.8 Å². The van der Waals surface area contributed by atoms with Crippen molar-refractivity contribution >= 4 is 33.5 Å². The molecule has 0 saturated carbocycles. The average Bonchev–Trinajstić information content (AvgIpc) is 3.29. The van der Waals surface area contributed by atoms with E-state index in [0.29, 0.717) is 5.00 Å². The zero-order chi connectivity index (χ0) is 20.4. The Balaban J connectivity index is 1.42. The number of nitrogens with zero attached hydrogens (tertiary/aromatic N) is 4. The number of hydrogen-bond acceptors (Lipinski definition) is 6. The Kier molecular flexibility index (Phi) is 5.26. The van der Waals surface area contributed by atoms with Crippen molar-refractivity contribution in [1.82, 2.24) is 19.5 Å². The summed E-state index contributed by atoms with van der Waals surface area (Å²) in [4.78, 5) is 25.6. The number of pyridine rings is 1. The summed E-state index contributed by atoms with van der Waals surface area (Å²) in [5, 5.41) is 4.22. The number of amides is 1. The van der Waals surface area contributed by atoms with Crippen molar-refractivity contribution in [2.75, 3.05) is 5.32 Å². The molecule has 0 fully saturated rings. The second kappa shape index (κ2) is 8.00. The lowest BCUT2D eigenvalue weighted by Gasteiger charge is -2.06. The highest BCUT2D eigenvalue weighted by atomic mass is 32.1. The van der Waals surface area contributed by atoms with Gasteiger partial charge in [-0.1, -0.05) is 23.5 Å². The molecule has 0 aliphatic rings. The fourth-order valence-corrected chi connectivity index (χ4v) is 4.07. The van der Waals surface area contributed by atoms with Gasteiger partial charge in [-0.05, 0) is 50.1 Å². The Morgan fingerprint density at radius 2 is 2.10 bits per heavy atom. The van der Waals surface area contributed by atoms with E-state index in [9.17, 15) is 4.79 Å². The van der Waals surface area contributed by atoms with E-state index in [0.717, 1.165) is 45.1 Å². The number of aromatic nitrogens is 4. The molecule has 3 heterocycles. The van der Waals surface area contributed by atoms with Gasteiger partial charge >= 0.3 is 6.09 Å². The maximum Gasteiger partial charge on any atom is 0.412 e. The first kappa shape index (κ1) is 19.1. The molecule has 1 aromatic carbocycles. The Morgan fingerprint density at radius 1 is 1.24 bits per heavy atom. The van der Waals surface area contributed by atoms with Crippen LogP contribution in [0.3, 0.4) is 0 Å². The number of imidazole rings is 1. The van der Waals surface area contributed by atoms with Crippen molar-refractivity contribution < 1.29 is 9.53 Å². The molecule has 0 aliphatic carbocycles. The highest BCUT2D eigenvalue weighted by Gasteiger charge is 2.15. The van der Waals surface area contributed by atoms with Gasteiger partial charge in [0.15, 0.2) is 0 Å². The number of carbonyl (C=O) groups is 1. The molecule has 0 unspecified atom stereocenters. The highest BCUT2D eigenvalue weighted by Crippen LogP contribution is 2.32. The summed E-state index contributed by atoms with van der Waals surface area (Å²) in [6, 6.07) is 9.76. The molecular weight excluding hydrogens is 386 g/mol. The van der Waals surface area contributed by atoms with E-state index < -0.39 is 6.09 Å². The van der Waals surface area contributed by atoms with Gasteiger partial charge in [-0.25, -0.2) is 14.8 Å². The lowest BCUT2D eigenvalue weighted by Crippen LogP contribution is -2.13. The van der Waals surface area contributed by atoms with Crippen molar-refractivity contribution in [2.45, 2.75) is 33.9 Å². The SMILES string of the molecule is CCn1cnc2cc(COC(=O)Nc3sc(-c4ncccc4C)nc3C)ccc21. The molecule has 0 radical (unpaired) electrons. The monoisotopic (exact) mass is 407 g/mol. The van der Waals surface area contributed by atoms with Crippen LogP contribution in [0.15, 0.2) is 42.9 Å². The number of hydrogen-bond donors (Lipinski definition) is 1. The first-order valence-electron chi connectivity index (χ1n) is 9.32. The van der Waals surface area contributed by atoms with Crippen LogP contribution in [0.25, 0.3) is 21.7 Å². The number of fused-ring (bicyclic) bond motifs is 1. The summed E-state index contributed by atoms with van der Waals surface area (Å²) >= 11 is 1.39. The second-order valence-electron chi connectivity index (χ2n) is 6.66. The molecule has 3 aromatic heterocycles. The van der Waals surface area contributed by atoms with E-state index in [4.69, 9.17) is 4.74 Å². The van der Waals surface area contributed by atoms with Crippen LogP contribution in [0.2, 0.25) is 0 Å². The predicted molar refractivity (Wildman–Crippen MR) is 114 cm³/mol. The third-order valence-corrected chi connectivity index (χ3v) is 5.70. The molecule has 0 aliphatic heterocycles. The molecule has 29 heavy (non-hydrogen) atoms. The number of thiazole rings is 1. The van der Waals surface area contributed by atoms with Gasteiger partial charge in [0.1, 0.15) is 22.3 Å². The van der Waals surface area contributed by atoms with Crippen molar-refractivity contribution in [3.63, 3.8) is 0 Å². The molecule has 0 atom stereocenters. The van der Waals surface area contributed by atoms with Gasteiger partial charge in [-0.2, -0.15) is 0 Å². The zero-order valence-corrected chi connectivity index (χ0v) is 17.3. The summed E-state index contributed by atoms with van der Waals surface area (Å²) in [5.41, 5.74) is 5.44. The van der Waals surface area contributed by atoms with Crippen molar-refractivity contribution in [1.29, 1.82) is 0 Å². The summed E-state index contributed by atoms with van der Waals surface area (Å²) in [6.07, 6.45) is 3.04. The highest BCUT2D eigenvalue weighted by molar-refractivity contribution is 7.19. The number of carbonyl (C=O) groups excluding carboxylic acids is 1. The third kappa shape index (κ3) is 3.97. The molecule has 8 heteroatoms. The predicted octanol–water partition coefficient (Wildman–Crippen LogP) is 4.94. The summed E-state index contributed by atoms with van der Waals surface area (Å²) in [7, 11) is 0. The van der Waals surface area contributed by atoms with Crippen molar-refractivity contribution in [3.05, 3.63) is 59.7 Å². The standard InChI is InChI=1S/C21H21N5O2S/c1-4-26-12-23-16-10-15(7-8-17(16)26)11-28-21(27)25-19-14(3)24-20(29-19)18-13(2)6-5-9-22-18/h5-10,12H,4,11H2,1-3H3,(H,25,27). The van der Waals surface area contributed by atoms with E-state index >= 15 is 0 Å². The van der Waals surface area contributed by atoms with Crippen molar-refractivity contribution in [3.8, 4) is 10.7 Å². The van der Waals surface area contributed by atoms with Crippen LogP contribution in [0.5, 0.6) is 0 Å².